The average molecular weight is 473 g/mol. The van der Waals surface area contributed by atoms with Crippen LogP contribution in [0, 0.1) is 0 Å². The second-order valence-corrected chi connectivity index (χ2v) is 8.16. The minimum Gasteiger partial charge on any atom is -0.497 e. The van der Waals surface area contributed by atoms with Crippen LogP contribution in [-0.4, -0.2) is 23.9 Å². The Morgan fingerprint density at radius 2 is 1.96 bits per heavy atom. The summed E-state index contributed by atoms with van der Waals surface area (Å²) in [4.78, 5) is 27.4. The maximum atomic E-state index is 13.5. The van der Waals surface area contributed by atoms with E-state index < -0.39 is 5.41 Å². The number of hydrogen-bond acceptors (Lipinski definition) is 3. The molecule has 1 amide bonds. The van der Waals surface area contributed by atoms with E-state index >= 15 is 0 Å². The van der Waals surface area contributed by atoms with Crippen LogP contribution < -0.4 is 15.1 Å². The van der Waals surface area contributed by atoms with E-state index in [2.05, 4.69) is 22.4 Å². The van der Waals surface area contributed by atoms with E-state index in [9.17, 15) is 9.59 Å². The van der Waals surface area contributed by atoms with Gasteiger partial charge in [-0.2, -0.15) is 0 Å². The van der Waals surface area contributed by atoms with Crippen LogP contribution in [0.25, 0.3) is 0 Å². The number of anilines is 1. The van der Waals surface area contributed by atoms with Crippen LogP contribution in [0.3, 0.4) is 0 Å². The van der Waals surface area contributed by atoms with E-state index in [1.807, 2.05) is 41.3 Å². The Morgan fingerprint density at radius 3 is 2.48 bits per heavy atom. The van der Waals surface area contributed by atoms with Gasteiger partial charge in [-0.25, -0.2) is 0 Å². The minimum atomic E-state index is -0.423. The molecule has 4 rings (SSSR count). The predicted octanol–water partition coefficient (Wildman–Crippen LogP) is 3.28. The molecule has 4 nitrogen and oxygen atoms in total. The van der Waals surface area contributed by atoms with Gasteiger partial charge in [-0.15, -0.1) is 22.4 Å². The highest BCUT2D eigenvalue weighted by atomic mass is 127. The molecule has 1 fully saturated rings. The van der Waals surface area contributed by atoms with Crippen molar-refractivity contribution < 1.29 is 14.3 Å². The Hall–Kier alpha value is -1.83. The molecule has 0 unspecified atom stereocenters. The zero-order valence-electron chi connectivity index (χ0n) is 15.5. The lowest BCUT2D eigenvalue weighted by molar-refractivity contribution is -0.126. The van der Waals surface area contributed by atoms with Crippen molar-refractivity contribution >= 4 is 50.4 Å². The standard InChI is InChI=1S/C21H21BINO3/c1-13(25)15-10-17-19(18(11-15)22-23)24(20(26)21(17)8-3-9-21)12-14-4-6-16(27-2)7-5-14/h4-7,10-11,22H,3,8-9,12H2,1-2H3. The number of carbonyl (C=O) groups excluding carboxylic acids is 2. The highest BCUT2D eigenvalue weighted by Crippen LogP contribution is 2.53. The first kappa shape index (κ1) is 18.5. The monoisotopic (exact) mass is 473 g/mol. The van der Waals surface area contributed by atoms with Gasteiger partial charge >= 0.3 is 0 Å². The third-order valence-corrected chi connectivity index (χ3v) is 6.71. The highest BCUT2D eigenvalue weighted by Gasteiger charge is 2.55. The number of fused-ring (bicyclic) bond motifs is 2. The quantitative estimate of drug-likeness (QED) is 0.381. The average Bonchev–Trinajstić information content (AvgIpc) is 2.90. The summed E-state index contributed by atoms with van der Waals surface area (Å²) >= 11 is 2.32. The zero-order chi connectivity index (χ0) is 19.2. The first-order chi connectivity index (χ1) is 13.0. The van der Waals surface area contributed by atoms with Crippen molar-refractivity contribution in [1.29, 1.82) is 0 Å². The van der Waals surface area contributed by atoms with Crippen molar-refractivity contribution in [1.82, 2.24) is 0 Å². The highest BCUT2D eigenvalue weighted by molar-refractivity contribution is 14.1. The van der Waals surface area contributed by atoms with Gasteiger partial charge in [-0.3, -0.25) is 9.59 Å². The molecule has 1 heterocycles. The van der Waals surface area contributed by atoms with Crippen LogP contribution in [0.1, 0.15) is 47.7 Å². The van der Waals surface area contributed by atoms with Gasteiger partial charge in [0, 0.05) is 11.3 Å². The van der Waals surface area contributed by atoms with Crippen LogP contribution in [0.2, 0.25) is 0 Å². The number of benzene rings is 2. The fraction of sp³-hybridized carbons (Fsp3) is 0.333. The topological polar surface area (TPSA) is 46.6 Å². The number of carbonyl (C=O) groups is 2. The second-order valence-electron chi connectivity index (χ2n) is 7.40. The minimum absolute atomic E-state index is 0.0550. The van der Waals surface area contributed by atoms with Crippen molar-refractivity contribution in [2.75, 3.05) is 12.0 Å². The molecule has 1 aliphatic carbocycles. The molecule has 1 spiro atoms. The molecule has 2 aromatic rings. The number of rotatable bonds is 5. The van der Waals surface area contributed by atoms with Crippen LogP contribution in [0.15, 0.2) is 36.4 Å². The molecule has 138 valence electrons. The summed E-state index contributed by atoms with van der Waals surface area (Å²) in [7, 11) is 1.65. The van der Waals surface area contributed by atoms with Gasteiger partial charge in [-0.05, 0) is 54.6 Å². The molecule has 27 heavy (non-hydrogen) atoms. The van der Waals surface area contributed by atoms with E-state index in [-0.39, 0.29) is 11.7 Å². The van der Waals surface area contributed by atoms with Crippen molar-refractivity contribution in [2.24, 2.45) is 0 Å². The number of Topliss-reactive ketones (excluding diaryl/α,β-unsaturated/α-hetero) is 1. The Morgan fingerprint density at radius 1 is 1.26 bits per heavy atom. The molecule has 1 aliphatic heterocycles. The number of amides is 1. The van der Waals surface area contributed by atoms with Gasteiger partial charge in [0.05, 0.1) is 19.1 Å². The molecule has 0 atom stereocenters. The number of halogens is 1. The van der Waals surface area contributed by atoms with Gasteiger partial charge in [0.1, 0.15) is 5.75 Å². The maximum absolute atomic E-state index is 13.5. The smallest absolute Gasteiger partial charge is 0.238 e. The van der Waals surface area contributed by atoms with Crippen molar-refractivity contribution in [3.8, 4) is 5.75 Å². The lowest BCUT2D eigenvalue weighted by Crippen LogP contribution is -2.45. The summed E-state index contributed by atoms with van der Waals surface area (Å²) in [5, 5.41) is 0.768. The maximum Gasteiger partial charge on any atom is 0.238 e. The van der Waals surface area contributed by atoms with Gasteiger partial charge < -0.3 is 9.64 Å². The van der Waals surface area contributed by atoms with Gasteiger partial charge in [0.15, 0.2) is 5.78 Å². The summed E-state index contributed by atoms with van der Waals surface area (Å²) in [6.45, 7) is 2.14. The lowest BCUT2D eigenvalue weighted by atomic mass is 9.64. The molecule has 0 bridgehead atoms. The number of ether oxygens (including phenoxy) is 1. The van der Waals surface area contributed by atoms with Crippen molar-refractivity contribution in [2.45, 2.75) is 38.1 Å². The van der Waals surface area contributed by atoms with Crippen LogP contribution in [-0.2, 0) is 16.8 Å². The SMILES string of the molecule is COc1ccc(CN2C(=O)C3(CCC3)c3cc(C(C)=O)cc(BI)c32)cc1. The third kappa shape index (κ3) is 2.89. The number of ketones is 1. The van der Waals surface area contributed by atoms with Crippen molar-refractivity contribution in [3.63, 3.8) is 0 Å². The van der Waals surface area contributed by atoms with Crippen LogP contribution in [0.4, 0.5) is 5.69 Å². The summed E-state index contributed by atoms with van der Waals surface area (Å²) in [6.07, 6.45) is 2.81. The molecule has 0 aromatic heterocycles. The first-order valence-electron chi connectivity index (χ1n) is 9.19. The molecule has 1 saturated carbocycles. The largest absolute Gasteiger partial charge is 0.497 e. The third-order valence-electron chi connectivity index (χ3n) is 5.89. The molecule has 6 heteroatoms. The zero-order valence-corrected chi connectivity index (χ0v) is 17.7. The Labute approximate surface area is 173 Å². The number of methoxy groups -OCH3 is 1. The molecule has 0 N–H and O–H groups in total. The van der Waals surface area contributed by atoms with E-state index in [4.69, 9.17) is 4.74 Å². The molecule has 0 radical (unpaired) electrons. The van der Waals surface area contributed by atoms with E-state index in [1.54, 1.807) is 14.0 Å². The van der Waals surface area contributed by atoms with Gasteiger partial charge in [0.25, 0.3) is 0 Å². The lowest BCUT2D eigenvalue weighted by Gasteiger charge is -2.37. The van der Waals surface area contributed by atoms with Crippen molar-refractivity contribution in [3.05, 3.63) is 53.1 Å². The molecule has 2 aromatic carbocycles. The number of nitrogens with zero attached hydrogens (tertiary/aromatic N) is 1. The summed E-state index contributed by atoms with van der Waals surface area (Å²) < 4.78 is 5.23. The summed E-state index contributed by atoms with van der Waals surface area (Å²) in [5.74, 6) is 1.05. The molecule has 2 aliphatic rings. The van der Waals surface area contributed by atoms with E-state index in [1.165, 1.54) is 0 Å². The second kappa shape index (κ2) is 6.97. The first-order valence-corrected chi connectivity index (χ1v) is 10.7. The molecule has 0 saturated heterocycles. The Balaban J connectivity index is 1.80. The van der Waals surface area contributed by atoms with Gasteiger partial charge in [-0.1, -0.05) is 24.6 Å². The predicted molar refractivity (Wildman–Crippen MR) is 117 cm³/mol. The number of hydrogen-bond donors (Lipinski definition) is 0. The molecular formula is C21H21BINO3. The van der Waals surface area contributed by atoms with E-state index in [0.717, 1.165) is 52.4 Å². The fourth-order valence-electron chi connectivity index (χ4n) is 4.24. The Bertz CT molecular complexity index is 922. The normalized spacial score (nSPS) is 16.9. The van der Waals surface area contributed by atoms with E-state index in [0.29, 0.717) is 12.1 Å². The summed E-state index contributed by atoms with van der Waals surface area (Å²) in [5.41, 5.74) is 4.52. The van der Waals surface area contributed by atoms with Crippen LogP contribution >= 0.6 is 22.4 Å². The fourth-order valence-corrected chi connectivity index (χ4v) is 4.82. The molecular weight excluding hydrogens is 452 g/mol. The summed E-state index contributed by atoms with van der Waals surface area (Å²) in [6, 6.07) is 11.8. The Kier molecular flexibility index (Phi) is 4.78. The van der Waals surface area contributed by atoms with Gasteiger partial charge in [0.2, 0.25) is 11.0 Å². The van der Waals surface area contributed by atoms with Crippen LogP contribution in [0.5, 0.6) is 5.75 Å².